The normalized spacial score (nSPS) is 15.6. The molecule has 1 aromatic rings. The van der Waals surface area contributed by atoms with Crippen molar-refractivity contribution in [3.05, 3.63) is 35.9 Å². The van der Waals surface area contributed by atoms with E-state index in [0.717, 1.165) is 5.56 Å². The van der Waals surface area contributed by atoms with Gasteiger partial charge in [-0.2, -0.15) is 0 Å². The van der Waals surface area contributed by atoms with Crippen LogP contribution >= 0.6 is 0 Å². The fraction of sp³-hybridized carbons (Fsp3) is 0.692. The van der Waals surface area contributed by atoms with E-state index in [1.807, 2.05) is 54.5 Å². The predicted molar refractivity (Wildman–Crippen MR) is 202 cm³/mol. The number of aliphatic carboxylic acids is 1. The summed E-state index contributed by atoms with van der Waals surface area (Å²) in [4.78, 5) is 81.0. The van der Waals surface area contributed by atoms with Crippen molar-refractivity contribution in [2.24, 2.45) is 23.5 Å². The van der Waals surface area contributed by atoms with Gasteiger partial charge >= 0.3 is 5.97 Å². The van der Waals surface area contributed by atoms with Gasteiger partial charge in [-0.15, -0.1) is 0 Å². The van der Waals surface area contributed by atoms with E-state index < -0.39 is 84.9 Å². The highest BCUT2D eigenvalue weighted by Gasteiger charge is 2.39. The van der Waals surface area contributed by atoms with Crippen LogP contribution in [-0.2, 0) is 35.2 Å². The zero-order valence-electron chi connectivity index (χ0n) is 32.8. The highest BCUT2D eigenvalue weighted by molar-refractivity contribution is 6.14. The SMILES string of the molecule is CCCC[C@H](NC(=O)[C@H](Cc1ccccc1)NC(=O)CC(C)C)C(=O)N(C(=O)C[C@H](O)[C@@H](N)CC(C)C)C(=O)[C@H](C)NC(CC(C)C)[C@@H](O)CC(=O)O. The molecule has 5 amide bonds. The molecule has 0 spiro atoms. The van der Waals surface area contributed by atoms with E-state index >= 15 is 0 Å². The molecule has 8 N–H and O–H groups in total. The number of carboxylic acid groups (broad SMARTS) is 1. The molecule has 14 heteroatoms. The maximum Gasteiger partial charge on any atom is 0.306 e. The average molecular weight is 748 g/mol. The number of rotatable bonds is 24. The Morgan fingerprint density at radius 2 is 1.36 bits per heavy atom. The Morgan fingerprint density at radius 3 is 1.89 bits per heavy atom. The maximum absolute atomic E-state index is 14.4. The van der Waals surface area contributed by atoms with Crippen molar-refractivity contribution >= 4 is 35.5 Å². The number of unbranched alkanes of at least 4 members (excludes halogenated alkanes) is 1. The van der Waals surface area contributed by atoms with Crippen LogP contribution in [0, 0.1) is 17.8 Å². The van der Waals surface area contributed by atoms with E-state index in [1.54, 1.807) is 24.3 Å². The molecule has 14 nitrogen and oxygen atoms in total. The second-order valence-corrected chi connectivity index (χ2v) is 15.4. The summed E-state index contributed by atoms with van der Waals surface area (Å²) in [5.41, 5.74) is 6.91. The number of nitrogens with two attached hydrogens (primary N) is 1. The molecule has 300 valence electrons. The van der Waals surface area contributed by atoms with Gasteiger partial charge in [-0.25, -0.2) is 4.90 Å². The van der Waals surface area contributed by atoms with Gasteiger partial charge in [0.05, 0.1) is 31.1 Å². The standard InChI is InChI=1S/C39H65N5O9/c1-9-10-16-29(43-37(51)31(42-34(47)19-25(6)7)20-27-14-12-11-13-15-27)39(53)44(35(48)21-32(45)28(40)17-23(2)3)38(52)26(8)41-30(18-24(4)5)33(46)22-36(49)50/h11-15,23-26,28-33,41,45-46H,9-10,16-22,40H2,1-8H3,(H,42,47)(H,43,51)(H,49,50)/t26-,28-,29-,30?,31-,32-,33-/m0/s1. The fourth-order valence-electron chi connectivity index (χ4n) is 6.01. The van der Waals surface area contributed by atoms with E-state index in [-0.39, 0.29) is 49.3 Å². The van der Waals surface area contributed by atoms with Gasteiger partial charge in [0.25, 0.3) is 11.8 Å². The van der Waals surface area contributed by atoms with Gasteiger partial charge < -0.3 is 37.0 Å². The van der Waals surface area contributed by atoms with Gasteiger partial charge in [0.1, 0.15) is 12.1 Å². The van der Waals surface area contributed by atoms with E-state index in [9.17, 15) is 44.1 Å². The summed E-state index contributed by atoms with van der Waals surface area (Å²) in [6.45, 7) is 14.5. The number of carboxylic acids is 1. The van der Waals surface area contributed by atoms with E-state index in [1.165, 1.54) is 6.92 Å². The molecule has 0 fully saturated rings. The van der Waals surface area contributed by atoms with Gasteiger partial charge in [0.15, 0.2) is 0 Å². The third kappa shape index (κ3) is 17.8. The van der Waals surface area contributed by atoms with Crippen LogP contribution in [0.1, 0.15) is 112 Å². The first-order valence-corrected chi connectivity index (χ1v) is 18.9. The summed E-state index contributed by atoms with van der Waals surface area (Å²) >= 11 is 0. The lowest BCUT2D eigenvalue weighted by Gasteiger charge is -2.32. The molecule has 0 saturated heterocycles. The number of carbonyl (C=O) groups is 6. The summed E-state index contributed by atoms with van der Waals surface area (Å²) in [5.74, 6) is -5.27. The van der Waals surface area contributed by atoms with Crippen molar-refractivity contribution < 1.29 is 44.1 Å². The van der Waals surface area contributed by atoms with Crippen LogP contribution in [-0.4, -0.2) is 98.1 Å². The minimum Gasteiger partial charge on any atom is -0.481 e. The third-order valence-electron chi connectivity index (χ3n) is 8.71. The lowest BCUT2D eigenvalue weighted by atomic mass is 9.96. The highest BCUT2D eigenvalue weighted by Crippen LogP contribution is 2.17. The smallest absolute Gasteiger partial charge is 0.306 e. The topological polar surface area (TPSA) is 228 Å². The van der Waals surface area contributed by atoms with Gasteiger partial charge in [-0.3, -0.25) is 28.8 Å². The summed E-state index contributed by atoms with van der Waals surface area (Å²) in [6, 6.07) is 3.58. The molecule has 0 radical (unpaired) electrons. The average Bonchev–Trinajstić information content (AvgIpc) is 3.05. The van der Waals surface area contributed by atoms with Crippen LogP contribution in [0.4, 0.5) is 0 Å². The van der Waals surface area contributed by atoms with Crippen LogP contribution in [0.5, 0.6) is 0 Å². The molecule has 7 atom stereocenters. The third-order valence-corrected chi connectivity index (χ3v) is 8.71. The van der Waals surface area contributed by atoms with Gasteiger partial charge in [-0.1, -0.05) is 91.6 Å². The summed E-state index contributed by atoms with van der Waals surface area (Å²) in [5, 5.41) is 39.3. The molecule has 0 heterocycles. The lowest BCUT2D eigenvalue weighted by molar-refractivity contribution is -0.158. The Morgan fingerprint density at radius 1 is 0.755 bits per heavy atom. The van der Waals surface area contributed by atoms with Crippen molar-refractivity contribution in [1.82, 2.24) is 20.9 Å². The van der Waals surface area contributed by atoms with E-state index in [2.05, 4.69) is 16.0 Å². The molecular formula is C39H65N5O9. The van der Waals surface area contributed by atoms with Crippen LogP contribution in [0.2, 0.25) is 0 Å². The number of hydrogen-bond donors (Lipinski definition) is 7. The highest BCUT2D eigenvalue weighted by atomic mass is 16.4. The minimum absolute atomic E-state index is 0.0184. The number of carbonyl (C=O) groups excluding carboxylic acids is 5. The van der Waals surface area contributed by atoms with Gasteiger partial charge in [0, 0.05) is 24.9 Å². The lowest BCUT2D eigenvalue weighted by Crippen LogP contribution is -2.60. The second kappa shape index (κ2) is 23.8. The van der Waals surface area contributed by atoms with E-state index in [4.69, 9.17) is 5.73 Å². The Bertz CT molecular complexity index is 1320. The van der Waals surface area contributed by atoms with Gasteiger partial charge in [0.2, 0.25) is 17.7 Å². The van der Waals surface area contributed by atoms with Gasteiger partial charge in [-0.05, 0) is 49.5 Å². The van der Waals surface area contributed by atoms with Crippen LogP contribution in [0.25, 0.3) is 0 Å². The molecule has 0 aliphatic carbocycles. The van der Waals surface area contributed by atoms with Crippen molar-refractivity contribution in [3.8, 4) is 0 Å². The number of hydrogen-bond acceptors (Lipinski definition) is 10. The molecule has 0 aliphatic heterocycles. The molecule has 0 saturated carbocycles. The molecule has 0 bridgehead atoms. The van der Waals surface area contributed by atoms with E-state index in [0.29, 0.717) is 24.2 Å². The molecule has 53 heavy (non-hydrogen) atoms. The number of amides is 5. The Labute approximate surface area is 315 Å². The Kier molecular flexibility index (Phi) is 21.3. The first kappa shape index (κ1) is 47.3. The van der Waals surface area contributed by atoms with Crippen molar-refractivity contribution in [1.29, 1.82) is 0 Å². The summed E-state index contributed by atoms with van der Waals surface area (Å²) < 4.78 is 0. The Hall–Kier alpha value is -3.72. The number of aliphatic hydroxyl groups excluding tert-OH is 2. The molecule has 0 aliphatic rings. The number of imide groups is 3. The van der Waals surface area contributed by atoms with Crippen molar-refractivity contribution in [2.75, 3.05) is 0 Å². The van der Waals surface area contributed by atoms with Crippen molar-refractivity contribution in [2.45, 2.75) is 156 Å². The largest absolute Gasteiger partial charge is 0.481 e. The fourth-order valence-corrected chi connectivity index (χ4v) is 6.01. The van der Waals surface area contributed by atoms with Crippen LogP contribution in [0.15, 0.2) is 30.3 Å². The minimum atomic E-state index is -1.39. The first-order valence-electron chi connectivity index (χ1n) is 18.9. The summed E-state index contributed by atoms with van der Waals surface area (Å²) in [6.07, 6.45) is -2.01. The molecule has 1 unspecified atom stereocenters. The zero-order valence-corrected chi connectivity index (χ0v) is 32.8. The predicted octanol–water partition coefficient (Wildman–Crippen LogP) is 2.67. The monoisotopic (exact) mass is 747 g/mol. The number of benzene rings is 1. The van der Waals surface area contributed by atoms with Crippen molar-refractivity contribution in [3.63, 3.8) is 0 Å². The summed E-state index contributed by atoms with van der Waals surface area (Å²) in [7, 11) is 0. The Balaban J connectivity index is 3.59. The number of nitrogens with zero attached hydrogens (tertiary/aromatic N) is 1. The molecule has 0 aromatic heterocycles. The maximum atomic E-state index is 14.4. The quantitative estimate of drug-likeness (QED) is 0.0813. The zero-order chi connectivity index (χ0) is 40.4. The number of nitrogens with one attached hydrogen (secondary N) is 3. The second-order valence-electron chi connectivity index (χ2n) is 15.4. The number of aliphatic hydroxyl groups is 2. The molecule has 1 aromatic carbocycles. The molecule has 1 rings (SSSR count). The molecular weight excluding hydrogens is 682 g/mol. The van der Waals surface area contributed by atoms with Crippen LogP contribution < -0.4 is 21.7 Å². The van der Waals surface area contributed by atoms with Crippen LogP contribution in [0.3, 0.4) is 0 Å². The first-order chi connectivity index (χ1) is 24.8.